The number of rotatable bonds is 4. The van der Waals surface area contributed by atoms with Crippen LogP contribution in [0.3, 0.4) is 0 Å². The normalized spacial score (nSPS) is 29.9. The predicted molar refractivity (Wildman–Crippen MR) is 98.2 cm³/mol. The van der Waals surface area contributed by atoms with E-state index in [1.54, 1.807) is 0 Å². The lowest BCUT2D eigenvalue weighted by atomic mass is 9.95. The van der Waals surface area contributed by atoms with Crippen molar-refractivity contribution in [2.75, 3.05) is 53.4 Å². The van der Waals surface area contributed by atoms with Crippen molar-refractivity contribution < 1.29 is 9.59 Å². The van der Waals surface area contributed by atoms with Crippen LogP contribution in [0.25, 0.3) is 0 Å². The number of carbonyl (C=O) groups is 2. The minimum absolute atomic E-state index is 0.118. The number of nitrogens with one attached hydrogen (secondary N) is 1. The highest BCUT2D eigenvalue weighted by atomic mass is 16.2. The van der Waals surface area contributed by atoms with Gasteiger partial charge in [0.2, 0.25) is 11.8 Å². The zero-order valence-corrected chi connectivity index (χ0v) is 15.9. The van der Waals surface area contributed by atoms with E-state index in [2.05, 4.69) is 17.3 Å². The molecule has 6 nitrogen and oxygen atoms in total. The van der Waals surface area contributed by atoms with E-state index in [4.69, 9.17) is 0 Å². The van der Waals surface area contributed by atoms with Gasteiger partial charge < -0.3 is 20.0 Å². The van der Waals surface area contributed by atoms with Crippen molar-refractivity contribution in [1.82, 2.24) is 20.0 Å². The van der Waals surface area contributed by atoms with Gasteiger partial charge in [0.25, 0.3) is 0 Å². The van der Waals surface area contributed by atoms with Crippen molar-refractivity contribution in [3.63, 3.8) is 0 Å². The first kappa shape index (κ1) is 18.6. The number of amides is 2. The molecule has 0 aromatic carbocycles. The van der Waals surface area contributed by atoms with Crippen LogP contribution in [-0.4, -0.2) is 85.9 Å². The van der Waals surface area contributed by atoms with E-state index in [0.717, 1.165) is 64.4 Å². The number of carbonyl (C=O) groups excluding carboxylic acids is 2. The SMILES string of the molecule is CN1CCN(C(=O)[C@@H]2CCC[C@@H](NCC3CC3)CN(C)C(=O)C2)CC1. The van der Waals surface area contributed by atoms with Gasteiger partial charge in [-0.1, -0.05) is 6.42 Å². The monoisotopic (exact) mass is 350 g/mol. The third kappa shape index (κ3) is 5.42. The average Bonchev–Trinajstić information content (AvgIpc) is 3.41. The quantitative estimate of drug-likeness (QED) is 0.814. The molecule has 1 N–H and O–H groups in total. The van der Waals surface area contributed by atoms with Gasteiger partial charge in [0.1, 0.15) is 0 Å². The van der Waals surface area contributed by atoms with Crippen LogP contribution in [0.15, 0.2) is 0 Å². The molecule has 2 heterocycles. The van der Waals surface area contributed by atoms with E-state index in [9.17, 15) is 9.59 Å². The Kier molecular flexibility index (Phi) is 6.34. The van der Waals surface area contributed by atoms with Crippen LogP contribution in [-0.2, 0) is 9.59 Å². The van der Waals surface area contributed by atoms with Crippen molar-refractivity contribution in [1.29, 1.82) is 0 Å². The van der Waals surface area contributed by atoms with Crippen molar-refractivity contribution in [3.05, 3.63) is 0 Å². The molecule has 25 heavy (non-hydrogen) atoms. The van der Waals surface area contributed by atoms with Crippen molar-refractivity contribution in [2.24, 2.45) is 11.8 Å². The van der Waals surface area contributed by atoms with Crippen molar-refractivity contribution in [2.45, 2.75) is 44.6 Å². The van der Waals surface area contributed by atoms with E-state index in [1.165, 1.54) is 12.8 Å². The van der Waals surface area contributed by atoms with Crippen LogP contribution < -0.4 is 5.32 Å². The Morgan fingerprint density at radius 1 is 1.08 bits per heavy atom. The minimum Gasteiger partial charge on any atom is -0.344 e. The molecule has 1 aliphatic carbocycles. The molecule has 0 aromatic rings. The maximum atomic E-state index is 12.9. The van der Waals surface area contributed by atoms with Gasteiger partial charge in [0.15, 0.2) is 0 Å². The summed E-state index contributed by atoms with van der Waals surface area (Å²) in [5.74, 6) is 1.02. The van der Waals surface area contributed by atoms with Gasteiger partial charge in [-0.15, -0.1) is 0 Å². The van der Waals surface area contributed by atoms with Crippen LogP contribution >= 0.6 is 0 Å². The number of likely N-dealkylation sites (N-methyl/N-ethyl adjacent to an activating group) is 2. The van der Waals surface area contributed by atoms with Gasteiger partial charge >= 0.3 is 0 Å². The second-order valence-electron chi connectivity index (χ2n) is 8.28. The van der Waals surface area contributed by atoms with Gasteiger partial charge in [-0.2, -0.15) is 0 Å². The second-order valence-corrected chi connectivity index (χ2v) is 8.28. The highest BCUT2D eigenvalue weighted by Gasteiger charge is 2.31. The maximum Gasteiger partial charge on any atom is 0.226 e. The highest BCUT2D eigenvalue weighted by molar-refractivity contribution is 5.86. The first-order chi connectivity index (χ1) is 12.0. The summed E-state index contributed by atoms with van der Waals surface area (Å²) in [7, 11) is 3.98. The summed E-state index contributed by atoms with van der Waals surface area (Å²) in [5, 5.41) is 3.65. The molecule has 2 saturated heterocycles. The lowest BCUT2D eigenvalue weighted by Gasteiger charge is -2.34. The zero-order chi connectivity index (χ0) is 17.8. The number of hydrogen-bond donors (Lipinski definition) is 1. The molecule has 0 aromatic heterocycles. The number of piperazine rings is 1. The molecule has 1 saturated carbocycles. The molecule has 2 amide bonds. The molecule has 2 atom stereocenters. The topological polar surface area (TPSA) is 55.9 Å². The van der Waals surface area contributed by atoms with E-state index >= 15 is 0 Å². The van der Waals surface area contributed by atoms with Gasteiger partial charge in [-0.3, -0.25) is 9.59 Å². The summed E-state index contributed by atoms with van der Waals surface area (Å²) in [6, 6.07) is 0.368. The summed E-state index contributed by atoms with van der Waals surface area (Å²) < 4.78 is 0. The summed E-state index contributed by atoms with van der Waals surface area (Å²) in [6.45, 7) is 5.29. The summed E-state index contributed by atoms with van der Waals surface area (Å²) in [6.07, 6.45) is 5.97. The maximum absolute atomic E-state index is 12.9. The third-order valence-corrected chi connectivity index (χ3v) is 6.00. The van der Waals surface area contributed by atoms with Gasteiger partial charge in [-0.05, 0) is 45.2 Å². The fraction of sp³-hybridized carbons (Fsp3) is 0.895. The van der Waals surface area contributed by atoms with Crippen LogP contribution in [0.2, 0.25) is 0 Å². The standard InChI is InChI=1S/C19H34N4O2/c1-21-8-10-23(11-9-21)19(25)16-4-3-5-17(20-13-15-6-7-15)14-22(2)18(24)12-16/h15-17,20H,3-14H2,1-2H3/t16-,17-/m1/s1. The molecular formula is C19H34N4O2. The molecule has 0 spiro atoms. The predicted octanol–water partition coefficient (Wildman–Crippen LogP) is 0.777. The summed E-state index contributed by atoms with van der Waals surface area (Å²) in [5.41, 5.74) is 0. The minimum atomic E-state index is -0.138. The first-order valence-electron chi connectivity index (χ1n) is 9.97. The van der Waals surface area contributed by atoms with Crippen LogP contribution in [0.5, 0.6) is 0 Å². The van der Waals surface area contributed by atoms with Crippen LogP contribution in [0.4, 0.5) is 0 Å². The molecule has 6 heteroatoms. The van der Waals surface area contributed by atoms with Gasteiger partial charge in [0, 0.05) is 58.2 Å². The fourth-order valence-electron chi connectivity index (χ4n) is 3.92. The first-order valence-corrected chi connectivity index (χ1v) is 9.97. The van der Waals surface area contributed by atoms with E-state index in [0.29, 0.717) is 12.5 Å². The Morgan fingerprint density at radius 3 is 2.48 bits per heavy atom. The molecule has 0 bridgehead atoms. The summed E-state index contributed by atoms with van der Waals surface area (Å²) >= 11 is 0. The zero-order valence-electron chi connectivity index (χ0n) is 15.9. The van der Waals surface area contributed by atoms with Gasteiger partial charge in [-0.25, -0.2) is 0 Å². The molecule has 0 unspecified atom stereocenters. The van der Waals surface area contributed by atoms with Crippen molar-refractivity contribution >= 4 is 11.8 Å². The van der Waals surface area contributed by atoms with Crippen LogP contribution in [0.1, 0.15) is 38.5 Å². The third-order valence-electron chi connectivity index (χ3n) is 6.00. The van der Waals surface area contributed by atoms with Gasteiger partial charge in [0.05, 0.1) is 0 Å². The Morgan fingerprint density at radius 2 is 1.80 bits per heavy atom. The Balaban J connectivity index is 1.56. The fourth-order valence-corrected chi connectivity index (χ4v) is 3.92. The molecule has 3 aliphatic rings. The number of nitrogens with zero attached hydrogens (tertiary/aromatic N) is 3. The molecular weight excluding hydrogens is 316 g/mol. The van der Waals surface area contributed by atoms with E-state index in [-0.39, 0.29) is 17.7 Å². The summed E-state index contributed by atoms with van der Waals surface area (Å²) in [4.78, 5) is 31.6. The smallest absolute Gasteiger partial charge is 0.226 e. The Hall–Kier alpha value is -1.14. The highest BCUT2D eigenvalue weighted by Crippen LogP contribution is 2.28. The molecule has 142 valence electrons. The van der Waals surface area contributed by atoms with E-state index < -0.39 is 0 Å². The molecule has 2 aliphatic heterocycles. The Bertz CT molecular complexity index is 472. The van der Waals surface area contributed by atoms with Crippen molar-refractivity contribution in [3.8, 4) is 0 Å². The molecule has 0 radical (unpaired) electrons. The lowest BCUT2D eigenvalue weighted by molar-refractivity contribution is -0.142. The second kappa shape index (κ2) is 8.49. The van der Waals surface area contributed by atoms with Crippen LogP contribution in [0, 0.1) is 11.8 Å². The Labute approximate surface area is 151 Å². The largest absolute Gasteiger partial charge is 0.344 e. The molecule has 3 rings (SSSR count). The average molecular weight is 351 g/mol. The number of hydrogen-bond acceptors (Lipinski definition) is 4. The van der Waals surface area contributed by atoms with E-state index in [1.807, 2.05) is 16.8 Å². The molecule has 3 fully saturated rings. The lowest BCUT2D eigenvalue weighted by Crippen LogP contribution is -2.49.